The van der Waals surface area contributed by atoms with Gasteiger partial charge in [0.2, 0.25) is 0 Å². The van der Waals surface area contributed by atoms with Crippen molar-refractivity contribution in [1.82, 2.24) is 20.2 Å². The summed E-state index contributed by atoms with van der Waals surface area (Å²) in [5, 5.41) is 6.54. The van der Waals surface area contributed by atoms with Gasteiger partial charge in [0.1, 0.15) is 0 Å². The highest BCUT2D eigenvalue weighted by atomic mass is 127. The quantitative estimate of drug-likeness (QED) is 0.459. The molecule has 0 unspecified atom stereocenters. The zero-order valence-corrected chi connectivity index (χ0v) is 13.7. The van der Waals surface area contributed by atoms with Crippen LogP contribution in [-0.2, 0) is 6.54 Å². The summed E-state index contributed by atoms with van der Waals surface area (Å²) in [7, 11) is 0. The van der Waals surface area contributed by atoms with Crippen molar-refractivity contribution in [2.24, 2.45) is 10.9 Å². The molecular formula is C12H24IN5. The van der Waals surface area contributed by atoms with E-state index in [1.165, 1.54) is 0 Å². The SMILES string of the molecule is CCNC(=NCC(C)C)NCCn1ccnc1.I. The monoisotopic (exact) mass is 365 g/mol. The fourth-order valence-electron chi connectivity index (χ4n) is 1.34. The molecule has 0 radical (unpaired) electrons. The van der Waals surface area contributed by atoms with Gasteiger partial charge >= 0.3 is 0 Å². The minimum Gasteiger partial charge on any atom is -0.357 e. The Balaban J connectivity index is 0.00000289. The molecule has 104 valence electrons. The maximum atomic E-state index is 4.50. The lowest BCUT2D eigenvalue weighted by atomic mass is 10.2. The molecular weight excluding hydrogens is 341 g/mol. The molecule has 0 bridgehead atoms. The molecule has 18 heavy (non-hydrogen) atoms. The molecule has 6 heteroatoms. The van der Waals surface area contributed by atoms with E-state index in [-0.39, 0.29) is 24.0 Å². The number of halogens is 1. The Kier molecular flexibility index (Phi) is 9.72. The molecule has 1 aromatic rings. The largest absolute Gasteiger partial charge is 0.357 e. The van der Waals surface area contributed by atoms with Gasteiger partial charge in [-0.15, -0.1) is 24.0 Å². The molecule has 1 heterocycles. The maximum Gasteiger partial charge on any atom is 0.191 e. The van der Waals surface area contributed by atoms with Crippen molar-refractivity contribution in [3.05, 3.63) is 18.7 Å². The summed E-state index contributed by atoms with van der Waals surface area (Å²) in [5.74, 6) is 1.47. The number of aromatic nitrogens is 2. The van der Waals surface area contributed by atoms with Crippen LogP contribution in [-0.4, -0.2) is 35.1 Å². The molecule has 0 aliphatic rings. The van der Waals surface area contributed by atoms with Crippen LogP contribution in [0, 0.1) is 5.92 Å². The highest BCUT2D eigenvalue weighted by Crippen LogP contribution is 1.91. The molecule has 0 aliphatic heterocycles. The smallest absolute Gasteiger partial charge is 0.191 e. The molecule has 0 aliphatic carbocycles. The average molecular weight is 365 g/mol. The standard InChI is InChI=1S/C12H23N5.HI/c1-4-14-12(16-9-11(2)3)15-6-8-17-7-5-13-10-17;/h5,7,10-11H,4,6,8-9H2,1-3H3,(H2,14,15,16);1H. The third kappa shape index (κ3) is 7.52. The van der Waals surface area contributed by atoms with Crippen LogP contribution < -0.4 is 10.6 Å². The molecule has 0 atom stereocenters. The van der Waals surface area contributed by atoms with Crippen molar-refractivity contribution >= 4 is 29.9 Å². The number of hydrogen-bond donors (Lipinski definition) is 2. The summed E-state index contributed by atoms with van der Waals surface area (Å²) < 4.78 is 2.04. The lowest BCUT2D eigenvalue weighted by Crippen LogP contribution is -2.39. The van der Waals surface area contributed by atoms with Gasteiger partial charge in [0.05, 0.1) is 6.33 Å². The number of nitrogens with one attached hydrogen (secondary N) is 2. The van der Waals surface area contributed by atoms with Gasteiger partial charge < -0.3 is 15.2 Å². The average Bonchev–Trinajstić information content (AvgIpc) is 2.78. The molecule has 0 spiro atoms. The minimum absolute atomic E-state index is 0. The van der Waals surface area contributed by atoms with Crippen LogP contribution in [0.4, 0.5) is 0 Å². The first-order chi connectivity index (χ1) is 8.22. The van der Waals surface area contributed by atoms with Crippen LogP contribution in [0.25, 0.3) is 0 Å². The number of imidazole rings is 1. The third-order valence-electron chi connectivity index (χ3n) is 2.18. The summed E-state index contributed by atoms with van der Waals surface area (Å²) in [6.07, 6.45) is 5.57. The first kappa shape index (κ1) is 17.2. The van der Waals surface area contributed by atoms with E-state index < -0.39 is 0 Å². The van der Waals surface area contributed by atoms with Crippen LogP contribution in [0.1, 0.15) is 20.8 Å². The van der Waals surface area contributed by atoms with Gasteiger partial charge in [0, 0.05) is 38.6 Å². The molecule has 1 aromatic heterocycles. The van der Waals surface area contributed by atoms with E-state index in [2.05, 4.69) is 41.4 Å². The van der Waals surface area contributed by atoms with Crippen molar-refractivity contribution < 1.29 is 0 Å². The number of nitrogens with zero attached hydrogens (tertiary/aromatic N) is 3. The van der Waals surface area contributed by atoms with Crippen molar-refractivity contribution in [1.29, 1.82) is 0 Å². The van der Waals surface area contributed by atoms with E-state index in [9.17, 15) is 0 Å². The van der Waals surface area contributed by atoms with Crippen molar-refractivity contribution in [2.75, 3.05) is 19.6 Å². The van der Waals surface area contributed by atoms with Gasteiger partial charge in [-0.2, -0.15) is 0 Å². The fraction of sp³-hybridized carbons (Fsp3) is 0.667. The van der Waals surface area contributed by atoms with E-state index in [0.29, 0.717) is 5.92 Å². The van der Waals surface area contributed by atoms with Crippen LogP contribution in [0.3, 0.4) is 0 Å². The predicted octanol–water partition coefficient (Wildman–Crippen LogP) is 1.71. The zero-order chi connectivity index (χ0) is 12.5. The molecule has 0 saturated carbocycles. The Labute approximate surface area is 126 Å². The minimum atomic E-state index is 0. The molecule has 0 fully saturated rings. The topological polar surface area (TPSA) is 54.2 Å². The van der Waals surface area contributed by atoms with Crippen LogP contribution in [0.5, 0.6) is 0 Å². The molecule has 0 aromatic carbocycles. The summed E-state index contributed by atoms with van der Waals surface area (Å²) in [6, 6.07) is 0. The van der Waals surface area contributed by atoms with Crippen molar-refractivity contribution in [3.8, 4) is 0 Å². The maximum absolute atomic E-state index is 4.50. The van der Waals surface area contributed by atoms with Crippen LogP contribution in [0.2, 0.25) is 0 Å². The highest BCUT2D eigenvalue weighted by Gasteiger charge is 1.98. The Hall–Kier alpha value is -0.790. The Bertz CT molecular complexity index is 321. The summed E-state index contributed by atoms with van der Waals surface area (Å²) in [6.45, 7) is 9.88. The predicted molar refractivity (Wildman–Crippen MR) is 86.5 cm³/mol. The van der Waals surface area contributed by atoms with Gasteiger partial charge in [0.15, 0.2) is 5.96 Å². The number of hydrogen-bond acceptors (Lipinski definition) is 2. The molecule has 0 amide bonds. The van der Waals surface area contributed by atoms with Gasteiger partial charge in [-0.25, -0.2) is 4.98 Å². The van der Waals surface area contributed by atoms with E-state index >= 15 is 0 Å². The van der Waals surface area contributed by atoms with E-state index in [0.717, 1.165) is 32.1 Å². The lowest BCUT2D eigenvalue weighted by molar-refractivity contribution is 0.641. The highest BCUT2D eigenvalue weighted by molar-refractivity contribution is 14.0. The fourth-order valence-corrected chi connectivity index (χ4v) is 1.34. The first-order valence-corrected chi connectivity index (χ1v) is 6.20. The van der Waals surface area contributed by atoms with Gasteiger partial charge in [-0.1, -0.05) is 13.8 Å². The second-order valence-corrected chi connectivity index (χ2v) is 4.34. The second-order valence-electron chi connectivity index (χ2n) is 4.34. The van der Waals surface area contributed by atoms with Gasteiger partial charge in [-0.3, -0.25) is 4.99 Å². The summed E-state index contributed by atoms with van der Waals surface area (Å²) in [4.78, 5) is 8.51. The zero-order valence-electron chi connectivity index (χ0n) is 11.4. The van der Waals surface area contributed by atoms with Gasteiger partial charge in [0.25, 0.3) is 0 Å². The van der Waals surface area contributed by atoms with Crippen molar-refractivity contribution in [3.63, 3.8) is 0 Å². The number of rotatable bonds is 6. The normalized spacial score (nSPS) is 11.2. The van der Waals surface area contributed by atoms with E-state index in [4.69, 9.17) is 0 Å². The Morgan fingerprint density at radius 1 is 1.39 bits per heavy atom. The van der Waals surface area contributed by atoms with E-state index in [1.54, 1.807) is 6.20 Å². The molecule has 1 rings (SSSR count). The Morgan fingerprint density at radius 3 is 2.72 bits per heavy atom. The molecule has 2 N–H and O–H groups in total. The second kappa shape index (κ2) is 10.2. The first-order valence-electron chi connectivity index (χ1n) is 6.20. The number of aliphatic imine (C=N–C) groups is 1. The van der Waals surface area contributed by atoms with Crippen LogP contribution in [0.15, 0.2) is 23.7 Å². The Morgan fingerprint density at radius 2 is 2.17 bits per heavy atom. The van der Waals surface area contributed by atoms with E-state index in [1.807, 2.05) is 17.1 Å². The lowest BCUT2D eigenvalue weighted by Gasteiger charge is -2.12. The number of guanidine groups is 1. The van der Waals surface area contributed by atoms with Crippen LogP contribution >= 0.6 is 24.0 Å². The molecule has 0 saturated heterocycles. The summed E-state index contributed by atoms with van der Waals surface area (Å²) >= 11 is 0. The molecule has 5 nitrogen and oxygen atoms in total. The van der Waals surface area contributed by atoms with Gasteiger partial charge in [-0.05, 0) is 12.8 Å². The summed E-state index contributed by atoms with van der Waals surface area (Å²) in [5.41, 5.74) is 0. The third-order valence-corrected chi connectivity index (χ3v) is 2.18. The van der Waals surface area contributed by atoms with Crippen molar-refractivity contribution in [2.45, 2.75) is 27.3 Å².